The van der Waals surface area contributed by atoms with Crippen molar-refractivity contribution in [2.24, 2.45) is 11.8 Å². The van der Waals surface area contributed by atoms with Crippen LogP contribution in [0.4, 0.5) is 5.69 Å². The summed E-state index contributed by atoms with van der Waals surface area (Å²) in [7, 11) is 0. The number of carboxylic acid groups (broad SMARTS) is 1. The van der Waals surface area contributed by atoms with Crippen LogP contribution in [0.15, 0.2) is 54.6 Å². The molecule has 2 aromatic rings. The number of carboxylic acids is 1. The molecule has 0 saturated carbocycles. The van der Waals surface area contributed by atoms with Crippen molar-refractivity contribution in [3.05, 3.63) is 54.6 Å². The first-order valence-corrected chi connectivity index (χ1v) is 7.50. The maximum Gasteiger partial charge on any atom is 0.310 e. The van der Waals surface area contributed by atoms with E-state index < -0.39 is 30.0 Å². The van der Waals surface area contributed by atoms with Gasteiger partial charge >= 0.3 is 5.97 Å². The van der Waals surface area contributed by atoms with Gasteiger partial charge in [-0.15, -0.1) is 0 Å². The van der Waals surface area contributed by atoms with Gasteiger partial charge in [-0.2, -0.15) is 0 Å². The van der Waals surface area contributed by atoms with Gasteiger partial charge in [-0.25, -0.2) is 0 Å². The normalized spacial score (nSPS) is 28.2. The number of aliphatic carboxylic acids is 1. The van der Waals surface area contributed by atoms with Crippen molar-refractivity contribution in [1.82, 2.24) is 0 Å². The predicted molar refractivity (Wildman–Crippen MR) is 85.0 cm³/mol. The molecule has 2 heterocycles. The van der Waals surface area contributed by atoms with E-state index in [9.17, 15) is 14.7 Å². The van der Waals surface area contributed by atoms with E-state index in [1.165, 1.54) is 0 Å². The third-order valence-electron chi connectivity index (χ3n) is 4.50. The van der Waals surface area contributed by atoms with Crippen molar-refractivity contribution in [3.63, 3.8) is 0 Å². The third-order valence-corrected chi connectivity index (χ3v) is 4.50. The Kier molecular flexibility index (Phi) is 3.16. The molecule has 0 aromatic heterocycles. The predicted octanol–water partition coefficient (Wildman–Crippen LogP) is 2.43. The van der Waals surface area contributed by atoms with Crippen LogP contribution >= 0.6 is 0 Å². The molecule has 2 aliphatic rings. The van der Waals surface area contributed by atoms with Gasteiger partial charge in [-0.05, 0) is 22.9 Å². The quantitative estimate of drug-likeness (QED) is 0.854. The maximum absolute atomic E-state index is 12.6. The summed E-state index contributed by atoms with van der Waals surface area (Å²) < 4.78 is 5.54. The van der Waals surface area contributed by atoms with Gasteiger partial charge in [-0.3, -0.25) is 9.59 Å². The number of amides is 1. The lowest BCUT2D eigenvalue weighted by molar-refractivity contribution is -0.145. The Morgan fingerprint density at radius 2 is 1.65 bits per heavy atom. The number of hydrogen-bond donors (Lipinski definition) is 2. The van der Waals surface area contributed by atoms with E-state index in [0.717, 1.165) is 10.8 Å². The van der Waals surface area contributed by atoms with Crippen molar-refractivity contribution in [1.29, 1.82) is 0 Å². The molecule has 116 valence electrons. The lowest BCUT2D eigenvalue weighted by atomic mass is 9.82. The second-order valence-electron chi connectivity index (χ2n) is 5.89. The summed E-state index contributed by atoms with van der Waals surface area (Å²) in [6.45, 7) is 0. The number of benzene rings is 2. The summed E-state index contributed by atoms with van der Waals surface area (Å²) in [6.07, 6.45) is 2.53. The van der Waals surface area contributed by atoms with Gasteiger partial charge in [0.15, 0.2) is 0 Å². The summed E-state index contributed by atoms with van der Waals surface area (Å²) in [4.78, 5) is 24.0. The topological polar surface area (TPSA) is 75.6 Å². The van der Waals surface area contributed by atoms with E-state index >= 15 is 0 Å². The molecule has 5 heteroatoms. The molecular formula is C18H15NO4. The van der Waals surface area contributed by atoms with Crippen LogP contribution < -0.4 is 5.32 Å². The van der Waals surface area contributed by atoms with Crippen molar-refractivity contribution >= 4 is 28.3 Å². The standard InChI is InChI=1S/C18H15NO4/c20-17(15-13-7-8-14(23-13)16(15)18(21)22)19-12-6-5-10-3-1-2-4-11(10)9-12/h1-9,13-16H,(H,19,20)(H,21,22)/t13-,14+,15-,16+/m1/s1. The number of carbonyl (C=O) groups excluding carboxylic acids is 1. The van der Waals surface area contributed by atoms with Gasteiger partial charge in [0.2, 0.25) is 5.91 Å². The Morgan fingerprint density at radius 3 is 2.39 bits per heavy atom. The zero-order valence-electron chi connectivity index (χ0n) is 12.2. The molecule has 4 atom stereocenters. The highest BCUT2D eigenvalue weighted by atomic mass is 16.5. The number of nitrogens with one attached hydrogen (secondary N) is 1. The second-order valence-corrected chi connectivity index (χ2v) is 5.89. The number of anilines is 1. The van der Waals surface area contributed by atoms with Gasteiger partial charge in [-0.1, -0.05) is 42.5 Å². The third kappa shape index (κ3) is 2.29. The first-order valence-electron chi connectivity index (χ1n) is 7.50. The minimum absolute atomic E-state index is 0.315. The Morgan fingerprint density at radius 1 is 0.957 bits per heavy atom. The Labute approximate surface area is 132 Å². The Hall–Kier alpha value is -2.66. The van der Waals surface area contributed by atoms with E-state index in [4.69, 9.17) is 4.74 Å². The van der Waals surface area contributed by atoms with E-state index in [2.05, 4.69) is 5.32 Å². The van der Waals surface area contributed by atoms with Crippen molar-refractivity contribution in [3.8, 4) is 0 Å². The summed E-state index contributed by atoms with van der Waals surface area (Å²) >= 11 is 0. The largest absolute Gasteiger partial charge is 0.481 e. The lowest BCUT2D eigenvalue weighted by Gasteiger charge is -2.21. The van der Waals surface area contributed by atoms with Crippen LogP contribution in [0, 0.1) is 11.8 Å². The molecule has 0 spiro atoms. The number of carbonyl (C=O) groups is 2. The van der Waals surface area contributed by atoms with Gasteiger partial charge in [0.05, 0.1) is 18.1 Å². The molecule has 1 saturated heterocycles. The van der Waals surface area contributed by atoms with E-state index in [1.807, 2.05) is 42.5 Å². The summed E-state index contributed by atoms with van der Waals surface area (Å²) in [6, 6.07) is 13.5. The fraction of sp³-hybridized carbons (Fsp3) is 0.222. The van der Waals surface area contributed by atoms with Crippen LogP contribution in [0.25, 0.3) is 10.8 Å². The van der Waals surface area contributed by atoms with Gasteiger partial charge in [0.25, 0.3) is 0 Å². The summed E-state index contributed by atoms with van der Waals surface area (Å²) in [5, 5.41) is 14.3. The molecule has 0 aliphatic carbocycles. The van der Waals surface area contributed by atoms with Crippen molar-refractivity contribution < 1.29 is 19.4 Å². The van der Waals surface area contributed by atoms with Crippen LogP contribution in [0.1, 0.15) is 0 Å². The molecule has 5 nitrogen and oxygen atoms in total. The molecule has 2 aliphatic heterocycles. The minimum atomic E-state index is -1.000. The van der Waals surface area contributed by atoms with E-state index in [0.29, 0.717) is 5.69 Å². The van der Waals surface area contributed by atoms with Gasteiger partial charge in [0, 0.05) is 5.69 Å². The van der Waals surface area contributed by atoms with Crippen LogP contribution in [0.2, 0.25) is 0 Å². The fourth-order valence-electron chi connectivity index (χ4n) is 3.41. The Bertz CT molecular complexity index is 829. The van der Waals surface area contributed by atoms with Gasteiger partial charge in [0.1, 0.15) is 5.92 Å². The Balaban J connectivity index is 1.59. The number of ether oxygens (including phenoxy) is 1. The zero-order valence-corrected chi connectivity index (χ0v) is 12.2. The highest BCUT2D eigenvalue weighted by molar-refractivity contribution is 5.98. The van der Waals surface area contributed by atoms with Crippen LogP contribution in [0.5, 0.6) is 0 Å². The van der Waals surface area contributed by atoms with Crippen molar-refractivity contribution in [2.75, 3.05) is 5.32 Å². The zero-order chi connectivity index (χ0) is 16.0. The molecular weight excluding hydrogens is 294 g/mol. The summed E-state index contributed by atoms with van der Waals surface area (Å²) in [5.74, 6) is -2.84. The molecule has 4 rings (SSSR count). The first-order chi connectivity index (χ1) is 11.1. The van der Waals surface area contributed by atoms with Crippen LogP contribution in [-0.4, -0.2) is 29.2 Å². The molecule has 2 aromatic carbocycles. The highest BCUT2D eigenvalue weighted by Gasteiger charge is 2.53. The molecule has 23 heavy (non-hydrogen) atoms. The first kappa shape index (κ1) is 14.0. The summed E-state index contributed by atoms with van der Waals surface area (Å²) in [5.41, 5.74) is 0.657. The van der Waals surface area contributed by atoms with Crippen molar-refractivity contribution in [2.45, 2.75) is 12.2 Å². The monoisotopic (exact) mass is 309 g/mol. The average Bonchev–Trinajstić information content (AvgIpc) is 3.15. The highest BCUT2D eigenvalue weighted by Crippen LogP contribution is 2.39. The molecule has 2 N–H and O–H groups in total. The molecule has 0 unspecified atom stereocenters. The van der Waals surface area contributed by atoms with Gasteiger partial charge < -0.3 is 15.2 Å². The fourth-order valence-corrected chi connectivity index (χ4v) is 3.41. The van der Waals surface area contributed by atoms with Crippen LogP contribution in [-0.2, 0) is 14.3 Å². The average molecular weight is 309 g/mol. The molecule has 1 fully saturated rings. The number of rotatable bonds is 3. The molecule has 2 bridgehead atoms. The maximum atomic E-state index is 12.6. The van der Waals surface area contributed by atoms with E-state index in [-0.39, 0.29) is 5.91 Å². The molecule has 1 amide bonds. The molecule has 0 radical (unpaired) electrons. The SMILES string of the molecule is O=C(O)[C@@H]1[C@H](C(=O)Nc2ccc3ccccc3c2)[C@H]2C=C[C@@H]1O2. The number of hydrogen-bond acceptors (Lipinski definition) is 3. The lowest BCUT2D eigenvalue weighted by Crippen LogP contribution is -2.39. The second kappa shape index (κ2) is 5.21. The van der Waals surface area contributed by atoms with E-state index in [1.54, 1.807) is 12.2 Å². The minimum Gasteiger partial charge on any atom is -0.481 e. The van der Waals surface area contributed by atoms with Crippen LogP contribution in [0.3, 0.4) is 0 Å². The smallest absolute Gasteiger partial charge is 0.310 e. The number of fused-ring (bicyclic) bond motifs is 3.